The zero-order chi connectivity index (χ0) is 23.9. The Bertz CT molecular complexity index is 1030. The van der Waals surface area contributed by atoms with Crippen molar-refractivity contribution in [1.82, 2.24) is 10.2 Å². The number of methoxy groups -OCH3 is 2. The maximum absolute atomic E-state index is 13.1. The molecular weight excluding hydrogens is 450 g/mol. The van der Waals surface area contributed by atoms with Gasteiger partial charge in [-0.3, -0.25) is 9.69 Å². The van der Waals surface area contributed by atoms with Gasteiger partial charge in [-0.05, 0) is 47.5 Å². The van der Waals surface area contributed by atoms with Crippen LogP contribution in [-0.2, 0) is 4.79 Å². The quantitative estimate of drug-likeness (QED) is 0.519. The van der Waals surface area contributed by atoms with Crippen LogP contribution in [0.3, 0.4) is 0 Å². The fourth-order valence-corrected chi connectivity index (χ4v) is 4.47. The van der Waals surface area contributed by atoms with Crippen LogP contribution in [0.2, 0.25) is 5.02 Å². The smallest absolute Gasteiger partial charge is 0.234 e. The minimum atomic E-state index is -0.270. The normalized spacial score (nSPS) is 14.2. The highest BCUT2D eigenvalue weighted by molar-refractivity contribution is 6.33. The maximum atomic E-state index is 13.1. The number of carbonyl (C=O) groups excluding carboxylic acids is 1. The van der Waals surface area contributed by atoms with Crippen molar-refractivity contribution in [3.05, 3.63) is 88.9 Å². The first-order valence-corrected chi connectivity index (χ1v) is 11.7. The van der Waals surface area contributed by atoms with Crippen LogP contribution in [0.1, 0.15) is 17.2 Å². The number of amides is 1. The van der Waals surface area contributed by atoms with E-state index in [1.807, 2.05) is 72.8 Å². The lowest BCUT2D eigenvalue weighted by Crippen LogP contribution is -2.50. The molecule has 0 bridgehead atoms. The number of anilines is 1. The molecule has 34 heavy (non-hydrogen) atoms. The molecule has 6 nitrogen and oxygen atoms in total. The van der Waals surface area contributed by atoms with Crippen molar-refractivity contribution in [1.29, 1.82) is 0 Å². The molecule has 7 heteroatoms. The fraction of sp³-hybridized carbons (Fsp3) is 0.296. The topological polar surface area (TPSA) is 54.0 Å². The van der Waals surface area contributed by atoms with E-state index in [4.69, 9.17) is 21.1 Å². The Morgan fingerprint density at radius 3 is 1.88 bits per heavy atom. The zero-order valence-corrected chi connectivity index (χ0v) is 20.3. The first-order chi connectivity index (χ1) is 16.6. The summed E-state index contributed by atoms with van der Waals surface area (Å²) in [5.74, 6) is 1.54. The van der Waals surface area contributed by atoms with Gasteiger partial charge in [-0.15, -0.1) is 0 Å². The molecule has 0 unspecified atom stereocenters. The molecule has 0 aromatic heterocycles. The van der Waals surface area contributed by atoms with Gasteiger partial charge in [0.25, 0.3) is 0 Å². The van der Waals surface area contributed by atoms with Crippen LogP contribution >= 0.6 is 11.6 Å². The molecule has 0 radical (unpaired) electrons. The molecule has 1 amide bonds. The number of piperazine rings is 1. The number of nitrogens with zero attached hydrogens (tertiary/aromatic N) is 2. The number of rotatable bonds is 8. The Morgan fingerprint density at radius 2 is 1.38 bits per heavy atom. The summed E-state index contributed by atoms with van der Waals surface area (Å²) in [4.78, 5) is 17.5. The molecule has 1 fully saturated rings. The summed E-state index contributed by atoms with van der Waals surface area (Å²) in [5.41, 5.74) is 3.03. The number of hydrogen-bond donors (Lipinski definition) is 1. The van der Waals surface area contributed by atoms with E-state index in [1.54, 1.807) is 14.2 Å². The summed E-state index contributed by atoms with van der Waals surface area (Å²) >= 11 is 6.35. The van der Waals surface area contributed by atoms with Gasteiger partial charge in [0.1, 0.15) is 11.5 Å². The van der Waals surface area contributed by atoms with E-state index in [0.717, 1.165) is 59.5 Å². The maximum Gasteiger partial charge on any atom is 0.234 e. The van der Waals surface area contributed by atoms with Crippen LogP contribution in [0.4, 0.5) is 5.69 Å². The molecule has 3 aromatic rings. The molecule has 0 atom stereocenters. The predicted molar refractivity (Wildman–Crippen MR) is 136 cm³/mol. The van der Waals surface area contributed by atoms with Gasteiger partial charge in [0.15, 0.2) is 0 Å². The van der Waals surface area contributed by atoms with E-state index >= 15 is 0 Å². The third-order valence-corrected chi connectivity index (χ3v) is 6.46. The van der Waals surface area contributed by atoms with Crippen molar-refractivity contribution in [3.8, 4) is 11.5 Å². The third kappa shape index (κ3) is 5.82. The van der Waals surface area contributed by atoms with Crippen LogP contribution in [0.25, 0.3) is 0 Å². The number of carbonyl (C=O) groups is 1. The van der Waals surface area contributed by atoms with Gasteiger partial charge in [0.05, 0.1) is 37.5 Å². The Morgan fingerprint density at radius 1 is 0.853 bits per heavy atom. The average Bonchev–Trinajstić information content (AvgIpc) is 2.88. The highest BCUT2D eigenvalue weighted by Gasteiger charge is 2.23. The highest BCUT2D eigenvalue weighted by Crippen LogP contribution is 2.27. The van der Waals surface area contributed by atoms with Crippen molar-refractivity contribution in [3.63, 3.8) is 0 Å². The standard InChI is InChI=1S/C27H30ClN3O3/c1-33-22-11-7-20(8-12-22)27(21-9-13-23(34-2)14-10-21)29-26(32)19-30-15-17-31(18-16-30)25-6-4-3-5-24(25)28/h3-14,27H,15-19H2,1-2H3,(H,29,32). The van der Waals surface area contributed by atoms with Crippen LogP contribution in [-0.4, -0.2) is 57.8 Å². The zero-order valence-electron chi connectivity index (χ0n) is 19.5. The molecule has 1 N–H and O–H groups in total. The van der Waals surface area contributed by atoms with Crippen molar-refractivity contribution in [2.45, 2.75) is 6.04 Å². The Labute approximate surface area is 206 Å². The molecule has 178 valence electrons. The summed E-state index contributed by atoms with van der Waals surface area (Å²) < 4.78 is 10.6. The lowest BCUT2D eigenvalue weighted by Gasteiger charge is -2.36. The number of ether oxygens (including phenoxy) is 2. The summed E-state index contributed by atoms with van der Waals surface area (Å²) in [7, 11) is 3.28. The summed E-state index contributed by atoms with van der Waals surface area (Å²) in [6, 6.07) is 23.2. The Hall–Kier alpha value is -3.22. The SMILES string of the molecule is COc1ccc(C(NC(=O)CN2CCN(c3ccccc3Cl)CC2)c2ccc(OC)cc2)cc1. The summed E-state index contributed by atoms with van der Waals surface area (Å²) in [6.07, 6.45) is 0. The number of hydrogen-bond acceptors (Lipinski definition) is 5. The predicted octanol–water partition coefficient (Wildman–Crippen LogP) is 4.39. The van der Waals surface area contributed by atoms with E-state index in [-0.39, 0.29) is 11.9 Å². The van der Waals surface area contributed by atoms with E-state index in [0.29, 0.717) is 6.54 Å². The Balaban J connectivity index is 1.41. The lowest BCUT2D eigenvalue weighted by atomic mass is 9.98. The largest absolute Gasteiger partial charge is 0.497 e. The molecule has 0 saturated carbocycles. The number of benzene rings is 3. The van der Waals surface area contributed by atoms with Gasteiger partial charge in [0, 0.05) is 26.2 Å². The van der Waals surface area contributed by atoms with Crippen LogP contribution in [0, 0.1) is 0 Å². The minimum Gasteiger partial charge on any atom is -0.497 e. The minimum absolute atomic E-state index is 0.0113. The monoisotopic (exact) mass is 479 g/mol. The van der Waals surface area contributed by atoms with Crippen LogP contribution in [0.15, 0.2) is 72.8 Å². The Kier molecular flexibility index (Phi) is 7.93. The molecule has 1 aliphatic heterocycles. The highest BCUT2D eigenvalue weighted by atomic mass is 35.5. The summed E-state index contributed by atoms with van der Waals surface area (Å²) in [6.45, 7) is 3.61. The van der Waals surface area contributed by atoms with Gasteiger partial charge in [-0.25, -0.2) is 0 Å². The molecule has 0 spiro atoms. The van der Waals surface area contributed by atoms with Crippen LogP contribution < -0.4 is 19.7 Å². The van der Waals surface area contributed by atoms with Crippen molar-refractivity contribution >= 4 is 23.2 Å². The van der Waals surface area contributed by atoms with Gasteiger partial charge < -0.3 is 19.7 Å². The molecule has 1 aliphatic rings. The first-order valence-electron chi connectivity index (χ1n) is 11.4. The molecule has 4 rings (SSSR count). The van der Waals surface area contributed by atoms with Crippen LogP contribution in [0.5, 0.6) is 11.5 Å². The van der Waals surface area contributed by atoms with E-state index < -0.39 is 0 Å². The van der Waals surface area contributed by atoms with Crippen molar-refractivity contribution in [2.24, 2.45) is 0 Å². The first kappa shape index (κ1) is 23.9. The van der Waals surface area contributed by atoms with Gasteiger partial charge in [0.2, 0.25) is 5.91 Å². The van der Waals surface area contributed by atoms with Gasteiger partial charge >= 0.3 is 0 Å². The van der Waals surface area contributed by atoms with E-state index in [9.17, 15) is 4.79 Å². The second kappa shape index (κ2) is 11.3. The average molecular weight is 480 g/mol. The molecule has 1 heterocycles. The van der Waals surface area contributed by atoms with E-state index in [2.05, 4.69) is 15.1 Å². The van der Waals surface area contributed by atoms with Gasteiger partial charge in [-0.2, -0.15) is 0 Å². The molecule has 1 saturated heterocycles. The number of para-hydroxylation sites is 1. The lowest BCUT2D eigenvalue weighted by molar-refractivity contribution is -0.122. The van der Waals surface area contributed by atoms with Crippen molar-refractivity contribution in [2.75, 3.05) is 51.8 Å². The second-order valence-electron chi connectivity index (χ2n) is 8.26. The molecule has 3 aromatic carbocycles. The van der Waals surface area contributed by atoms with Gasteiger partial charge in [-0.1, -0.05) is 48.0 Å². The summed E-state index contributed by atoms with van der Waals surface area (Å²) in [5, 5.41) is 3.99. The fourth-order valence-electron chi connectivity index (χ4n) is 4.22. The number of nitrogens with one attached hydrogen (secondary N) is 1. The van der Waals surface area contributed by atoms with Crippen molar-refractivity contribution < 1.29 is 14.3 Å². The van der Waals surface area contributed by atoms with E-state index in [1.165, 1.54) is 0 Å². The second-order valence-corrected chi connectivity index (χ2v) is 8.67. The third-order valence-electron chi connectivity index (χ3n) is 6.14. The molecule has 0 aliphatic carbocycles. The molecular formula is C27H30ClN3O3. The number of halogens is 1.